The van der Waals surface area contributed by atoms with Gasteiger partial charge in [0.1, 0.15) is 29.5 Å². The summed E-state index contributed by atoms with van der Waals surface area (Å²) in [6.45, 7) is 3.49. The van der Waals surface area contributed by atoms with Crippen molar-refractivity contribution in [2.24, 2.45) is 0 Å². The zero-order chi connectivity index (χ0) is 28.7. The van der Waals surface area contributed by atoms with Crippen LogP contribution in [0.3, 0.4) is 0 Å². The second-order valence-corrected chi connectivity index (χ2v) is 10.5. The van der Waals surface area contributed by atoms with Gasteiger partial charge in [0.05, 0.1) is 14.2 Å². The number of piperidine rings is 1. The van der Waals surface area contributed by atoms with Gasteiger partial charge >= 0.3 is 0 Å². The number of pyridine rings is 1. The molecule has 42 heavy (non-hydrogen) atoms. The first-order chi connectivity index (χ1) is 20.7. The molecule has 5 aromatic rings. The maximum atomic E-state index is 5.92. The van der Waals surface area contributed by atoms with Crippen molar-refractivity contribution in [2.75, 3.05) is 32.6 Å². The van der Waals surface area contributed by atoms with E-state index in [9.17, 15) is 0 Å². The van der Waals surface area contributed by atoms with Crippen molar-refractivity contribution >= 4 is 16.6 Å². The van der Waals surface area contributed by atoms with Crippen LogP contribution in [0.4, 0.5) is 5.82 Å². The van der Waals surface area contributed by atoms with E-state index in [4.69, 9.17) is 14.2 Å². The highest BCUT2D eigenvalue weighted by molar-refractivity contribution is 6.00. The predicted octanol–water partition coefficient (Wildman–Crippen LogP) is 6.36. The third-order valence-corrected chi connectivity index (χ3v) is 7.76. The zero-order valence-corrected chi connectivity index (χ0v) is 24.0. The monoisotopic (exact) mass is 561 g/mol. The fourth-order valence-electron chi connectivity index (χ4n) is 5.35. The Balaban J connectivity index is 1.08. The normalized spacial score (nSPS) is 14.0. The summed E-state index contributed by atoms with van der Waals surface area (Å²) in [5, 5.41) is 15.0. The highest BCUT2D eigenvalue weighted by Gasteiger charge is 2.21. The van der Waals surface area contributed by atoms with E-state index in [2.05, 4.69) is 55.7 Å². The van der Waals surface area contributed by atoms with Gasteiger partial charge in [0, 0.05) is 54.4 Å². The average Bonchev–Trinajstić information content (AvgIpc) is 3.06. The molecule has 0 spiro atoms. The number of nitrogens with one attached hydrogen (secondary N) is 1. The topological polar surface area (TPSA) is 81.6 Å². The molecule has 0 saturated carbocycles. The quantitative estimate of drug-likeness (QED) is 0.211. The van der Waals surface area contributed by atoms with E-state index in [-0.39, 0.29) is 0 Å². The highest BCUT2D eigenvalue weighted by Crippen LogP contribution is 2.34. The first kappa shape index (κ1) is 27.5. The Hall–Kier alpha value is -4.69. The lowest BCUT2D eigenvalue weighted by atomic mass is 10.0. The third kappa shape index (κ3) is 6.44. The summed E-state index contributed by atoms with van der Waals surface area (Å²) in [6.07, 6.45) is 5.63. The third-order valence-electron chi connectivity index (χ3n) is 7.76. The molecule has 8 heteroatoms. The van der Waals surface area contributed by atoms with Crippen molar-refractivity contribution in [3.05, 3.63) is 102 Å². The van der Waals surface area contributed by atoms with E-state index in [1.54, 1.807) is 26.6 Å². The Morgan fingerprint density at radius 3 is 2.14 bits per heavy atom. The molecule has 1 saturated heterocycles. The van der Waals surface area contributed by atoms with Gasteiger partial charge in [-0.25, -0.2) is 0 Å². The van der Waals surface area contributed by atoms with Gasteiger partial charge in [-0.3, -0.25) is 9.88 Å². The van der Waals surface area contributed by atoms with E-state index in [0.29, 0.717) is 12.6 Å². The number of aromatic nitrogens is 3. The molecule has 0 amide bonds. The van der Waals surface area contributed by atoms with Crippen molar-refractivity contribution in [3.8, 4) is 28.5 Å². The van der Waals surface area contributed by atoms with Crippen molar-refractivity contribution in [2.45, 2.75) is 32.0 Å². The van der Waals surface area contributed by atoms with Crippen molar-refractivity contribution < 1.29 is 14.2 Å². The number of hydrogen-bond donors (Lipinski definition) is 1. The molecule has 0 unspecified atom stereocenters. The molecule has 2 aromatic heterocycles. The lowest BCUT2D eigenvalue weighted by Crippen LogP contribution is -2.38. The Morgan fingerprint density at radius 2 is 1.43 bits per heavy atom. The second kappa shape index (κ2) is 12.9. The zero-order valence-electron chi connectivity index (χ0n) is 24.0. The van der Waals surface area contributed by atoms with Crippen molar-refractivity contribution in [1.82, 2.24) is 20.1 Å². The Bertz CT molecular complexity index is 1600. The van der Waals surface area contributed by atoms with Crippen LogP contribution in [0.5, 0.6) is 17.2 Å². The molecule has 8 nitrogen and oxygen atoms in total. The van der Waals surface area contributed by atoms with Crippen molar-refractivity contribution in [3.63, 3.8) is 0 Å². The summed E-state index contributed by atoms with van der Waals surface area (Å²) in [5.74, 6) is 3.27. The number of nitrogens with zero attached hydrogens (tertiary/aromatic N) is 4. The van der Waals surface area contributed by atoms with Gasteiger partial charge in [0.15, 0.2) is 5.82 Å². The minimum atomic E-state index is 0.320. The molecular formula is C34H35N5O3. The van der Waals surface area contributed by atoms with Gasteiger partial charge in [-0.2, -0.15) is 0 Å². The van der Waals surface area contributed by atoms with E-state index < -0.39 is 0 Å². The first-order valence-corrected chi connectivity index (χ1v) is 14.3. The van der Waals surface area contributed by atoms with Crippen molar-refractivity contribution in [1.29, 1.82) is 0 Å². The molecule has 3 heterocycles. The molecule has 0 atom stereocenters. The second-order valence-electron chi connectivity index (χ2n) is 10.5. The molecule has 1 fully saturated rings. The van der Waals surface area contributed by atoms with Crippen LogP contribution < -0.4 is 19.5 Å². The van der Waals surface area contributed by atoms with Crippen LogP contribution in [-0.4, -0.2) is 53.4 Å². The van der Waals surface area contributed by atoms with E-state index >= 15 is 0 Å². The SMILES string of the molecule is COc1ccc(-c2nnc(NC3CCN(Cc4ccc(OCc5ccncc5)cc4)CC3)c3cc(OC)ccc23)cc1. The lowest BCUT2D eigenvalue weighted by molar-refractivity contribution is 0.211. The van der Waals surface area contributed by atoms with Crippen LogP contribution in [0, 0.1) is 0 Å². The van der Waals surface area contributed by atoms with E-state index in [0.717, 1.165) is 83.1 Å². The van der Waals surface area contributed by atoms with Gasteiger partial charge in [-0.1, -0.05) is 12.1 Å². The molecule has 1 aliphatic heterocycles. The predicted molar refractivity (Wildman–Crippen MR) is 165 cm³/mol. The standard InChI is InChI=1S/C34H35N5O3/c1-40-28-9-5-26(6-10-28)33-31-12-11-30(41-2)21-32(31)34(38-37-33)36-27-15-19-39(20-16-27)22-24-3-7-29(8-4-24)42-23-25-13-17-35-18-14-25/h3-14,17-18,21,27H,15-16,19-20,22-23H2,1-2H3,(H,36,38). The van der Waals surface area contributed by atoms with Crippen LogP contribution >= 0.6 is 0 Å². The summed E-state index contributed by atoms with van der Waals surface area (Å²) in [5.41, 5.74) is 4.23. The van der Waals surface area contributed by atoms with Crippen LogP contribution in [0.2, 0.25) is 0 Å². The first-order valence-electron chi connectivity index (χ1n) is 14.3. The van der Waals surface area contributed by atoms with Gasteiger partial charge < -0.3 is 19.5 Å². The number of anilines is 1. The molecule has 6 rings (SSSR count). The number of benzene rings is 3. The fraction of sp³-hybridized carbons (Fsp3) is 0.265. The molecule has 3 aromatic carbocycles. The summed E-state index contributed by atoms with van der Waals surface area (Å²) in [4.78, 5) is 6.56. The van der Waals surface area contributed by atoms with E-state index in [1.807, 2.05) is 48.5 Å². The van der Waals surface area contributed by atoms with Gasteiger partial charge in [0.25, 0.3) is 0 Å². The number of likely N-dealkylation sites (tertiary alicyclic amines) is 1. The molecular weight excluding hydrogens is 526 g/mol. The Morgan fingerprint density at radius 1 is 0.738 bits per heavy atom. The van der Waals surface area contributed by atoms with Crippen LogP contribution in [0.25, 0.3) is 22.0 Å². The van der Waals surface area contributed by atoms with E-state index in [1.165, 1.54) is 5.56 Å². The molecule has 214 valence electrons. The number of ether oxygens (including phenoxy) is 3. The Kier molecular flexibility index (Phi) is 8.42. The minimum absolute atomic E-state index is 0.320. The maximum Gasteiger partial charge on any atom is 0.156 e. The van der Waals surface area contributed by atoms with Gasteiger partial charge in [0.2, 0.25) is 0 Å². The van der Waals surface area contributed by atoms with Crippen LogP contribution in [-0.2, 0) is 13.2 Å². The number of fused-ring (bicyclic) bond motifs is 1. The molecule has 0 bridgehead atoms. The molecule has 0 aliphatic carbocycles. The smallest absolute Gasteiger partial charge is 0.156 e. The summed E-state index contributed by atoms with van der Waals surface area (Å²) in [7, 11) is 3.35. The lowest BCUT2D eigenvalue weighted by Gasteiger charge is -2.32. The van der Waals surface area contributed by atoms with Crippen LogP contribution in [0.1, 0.15) is 24.0 Å². The highest BCUT2D eigenvalue weighted by atomic mass is 16.5. The summed E-state index contributed by atoms with van der Waals surface area (Å²) in [6, 6.07) is 26.7. The van der Waals surface area contributed by atoms with Gasteiger partial charge in [-0.05, 0) is 90.7 Å². The van der Waals surface area contributed by atoms with Gasteiger partial charge in [-0.15, -0.1) is 10.2 Å². The molecule has 1 N–H and O–H groups in total. The number of hydrogen-bond acceptors (Lipinski definition) is 8. The summed E-state index contributed by atoms with van der Waals surface area (Å²) < 4.78 is 16.8. The molecule has 1 aliphatic rings. The fourth-order valence-corrected chi connectivity index (χ4v) is 5.35. The Labute approximate surface area is 246 Å². The number of rotatable bonds is 10. The minimum Gasteiger partial charge on any atom is -0.497 e. The maximum absolute atomic E-state index is 5.92. The average molecular weight is 562 g/mol. The van der Waals surface area contributed by atoms with Crippen LogP contribution in [0.15, 0.2) is 91.3 Å². The largest absolute Gasteiger partial charge is 0.497 e. The molecule has 0 radical (unpaired) electrons. The number of methoxy groups -OCH3 is 2. The summed E-state index contributed by atoms with van der Waals surface area (Å²) >= 11 is 0.